The van der Waals surface area contributed by atoms with E-state index in [0.29, 0.717) is 19.1 Å². The quantitative estimate of drug-likeness (QED) is 0.839. The Morgan fingerprint density at radius 3 is 2.38 bits per heavy atom. The van der Waals surface area contributed by atoms with E-state index in [1.165, 1.54) is 19.3 Å². The minimum atomic E-state index is -0.347. The molecule has 3 rings (SSSR count). The topological polar surface area (TPSA) is 58.6 Å². The van der Waals surface area contributed by atoms with Gasteiger partial charge in [-0.1, -0.05) is 19.3 Å². The van der Waals surface area contributed by atoms with E-state index in [1.54, 1.807) is 0 Å². The predicted molar refractivity (Wildman–Crippen MR) is 78.7 cm³/mol. The van der Waals surface area contributed by atoms with Gasteiger partial charge in [-0.05, 0) is 38.5 Å². The average molecular weight is 294 g/mol. The lowest BCUT2D eigenvalue weighted by molar-refractivity contribution is -0.155. The van der Waals surface area contributed by atoms with Gasteiger partial charge in [-0.3, -0.25) is 9.59 Å². The van der Waals surface area contributed by atoms with Crippen LogP contribution in [0.5, 0.6) is 0 Å². The second-order valence-electron chi connectivity index (χ2n) is 6.65. The molecule has 5 nitrogen and oxygen atoms in total. The molecule has 118 valence electrons. The van der Waals surface area contributed by atoms with Crippen molar-refractivity contribution in [2.24, 2.45) is 5.92 Å². The van der Waals surface area contributed by atoms with Crippen molar-refractivity contribution in [1.29, 1.82) is 0 Å². The lowest BCUT2D eigenvalue weighted by atomic mass is 9.81. The molecule has 0 radical (unpaired) electrons. The van der Waals surface area contributed by atoms with Gasteiger partial charge in [0.05, 0.1) is 0 Å². The molecule has 2 amide bonds. The normalized spacial score (nSPS) is 33.1. The van der Waals surface area contributed by atoms with Gasteiger partial charge in [0.2, 0.25) is 11.8 Å². The Balaban J connectivity index is 1.77. The average Bonchev–Trinajstić information content (AvgIpc) is 2.53. The monoisotopic (exact) mass is 294 g/mol. The van der Waals surface area contributed by atoms with Crippen molar-refractivity contribution >= 4 is 11.8 Å². The van der Waals surface area contributed by atoms with Crippen molar-refractivity contribution in [3.8, 4) is 0 Å². The Morgan fingerprint density at radius 2 is 1.71 bits per heavy atom. The summed E-state index contributed by atoms with van der Waals surface area (Å²) in [5.41, 5.74) is 0. The lowest BCUT2D eigenvalue weighted by Gasteiger charge is -2.45. The second-order valence-corrected chi connectivity index (χ2v) is 6.65. The number of rotatable bonds is 2. The summed E-state index contributed by atoms with van der Waals surface area (Å²) in [5.74, 6) is 0.475. The summed E-state index contributed by atoms with van der Waals surface area (Å²) in [4.78, 5) is 27.1. The Kier molecular flexibility index (Phi) is 4.48. The fraction of sp³-hybridized carbons (Fsp3) is 0.875. The molecule has 3 aliphatic rings. The maximum absolute atomic E-state index is 13.0. The van der Waals surface area contributed by atoms with E-state index < -0.39 is 0 Å². The molecule has 0 aromatic carbocycles. The highest BCUT2D eigenvalue weighted by molar-refractivity contribution is 5.97. The van der Waals surface area contributed by atoms with Gasteiger partial charge in [0, 0.05) is 19.3 Å². The van der Waals surface area contributed by atoms with Crippen molar-refractivity contribution in [1.82, 2.24) is 10.2 Å². The zero-order chi connectivity index (χ0) is 14.8. The molecule has 21 heavy (non-hydrogen) atoms. The second kappa shape index (κ2) is 6.34. The SMILES string of the molecule is CC1C(=O)NC(C2CCCCC2)C(=O)N1C1CCOCC1. The highest BCUT2D eigenvalue weighted by atomic mass is 16.5. The largest absolute Gasteiger partial charge is 0.381 e. The Labute approximate surface area is 126 Å². The molecule has 0 aromatic heterocycles. The third kappa shape index (κ3) is 2.93. The predicted octanol–water partition coefficient (Wildman–Crippen LogP) is 1.46. The smallest absolute Gasteiger partial charge is 0.246 e. The molecule has 2 saturated heterocycles. The van der Waals surface area contributed by atoms with Crippen LogP contribution < -0.4 is 5.32 Å². The van der Waals surface area contributed by atoms with E-state index in [-0.39, 0.29) is 29.9 Å². The molecular formula is C16H26N2O3. The third-order valence-corrected chi connectivity index (χ3v) is 5.32. The Hall–Kier alpha value is -1.10. The van der Waals surface area contributed by atoms with Gasteiger partial charge in [0.1, 0.15) is 12.1 Å². The number of nitrogens with one attached hydrogen (secondary N) is 1. The molecule has 3 fully saturated rings. The summed E-state index contributed by atoms with van der Waals surface area (Å²) in [5, 5.41) is 2.99. The van der Waals surface area contributed by atoms with Crippen LogP contribution in [0.15, 0.2) is 0 Å². The van der Waals surface area contributed by atoms with Crippen LogP contribution in [0.25, 0.3) is 0 Å². The zero-order valence-corrected chi connectivity index (χ0v) is 12.8. The number of hydrogen-bond donors (Lipinski definition) is 1. The van der Waals surface area contributed by atoms with Crippen molar-refractivity contribution in [3.63, 3.8) is 0 Å². The van der Waals surface area contributed by atoms with Crippen LogP contribution in [0.2, 0.25) is 0 Å². The molecule has 2 unspecified atom stereocenters. The minimum absolute atomic E-state index is 0.0108. The van der Waals surface area contributed by atoms with Gasteiger partial charge in [-0.15, -0.1) is 0 Å². The van der Waals surface area contributed by atoms with E-state index in [0.717, 1.165) is 25.7 Å². The van der Waals surface area contributed by atoms with E-state index in [4.69, 9.17) is 4.74 Å². The fourth-order valence-electron chi connectivity index (χ4n) is 4.06. The zero-order valence-electron chi connectivity index (χ0n) is 12.8. The summed E-state index contributed by atoms with van der Waals surface area (Å²) in [7, 11) is 0. The van der Waals surface area contributed by atoms with E-state index in [2.05, 4.69) is 5.32 Å². The molecule has 1 aliphatic carbocycles. The fourth-order valence-corrected chi connectivity index (χ4v) is 4.06. The van der Waals surface area contributed by atoms with Crippen LogP contribution in [0.3, 0.4) is 0 Å². The first-order valence-corrected chi connectivity index (χ1v) is 8.39. The van der Waals surface area contributed by atoms with E-state index in [9.17, 15) is 9.59 Å². The first kappa shape index (κ1) is 14.8. The number of amides is 2. The lowest BCUT2D eigenvalue weighted by Crippen LogP contribution is -2.67. The maximum Gasteiger partial charge on any atom is 0.246 e. The van der Waals surface area contributed by atoms with E-state index >= 15 is 0 Å². The number of piperazine rings is 1. The van der Waals surface area contributed by atoms with E-state index in [1.807, 2.05) is 11.8 Å². The van der Waals surface area contributed by atoms with Crippen molar-refractivity contribution in [2.75, 3.05) is 13.2 Å². The molecule has 2 atom stereocenters. The van der Waals surface area contributed by atoms with Gasteiger partial charge < -0.3 is 15.0 Å². The summed E-state index contributed by atoms with van der Waals surface area (Å²) in [6, 6.07) is -0.476. The van der Waals surface area contributed by atoms with Crippen LogP contribution in [-0.2, 0) is 14.3 Å². The molecule has 0 spiro atoms. The molecule has 2 heterocycles. The van der Waals surface area contributed by atoms with Gasteiger partial charge >= 0.3 is 0 Å². The molecule has 0 aromatic rings. The van der Waals surface area contributed by atoms with Crippen LogP contribution in [0, 0.1) is 5.92 Å². The molecule has 2 aliphatic heterocycles. The molecule has 1 N–H and O–H groups in total. The molecule has 5 heteroatoms. The first-order valence-electron chi connectivity index (χ1n) is 8.39. The van der Waals surface area contributed by atoms with Gasteiger partial charge in [-0.25, -0.2) is 0 Å². The minimum Gasteiger partial charge on any atom is -0.381 e. The van der Waals surface area contributed by atoms with Crippen LogP contribution in [-0.4, -0.2) is 48.1 Å². The van der Waals surface area contributed by atoms with Crippen LogP contribution in [0.1, 0.15) is 51.9 Å². The number of hydrogen-bond acceptors (Lipinski definition) is 3. The van der Waals surface area contributed by atoms with Gasteiger partial charge in [-0.2, -0.15) is 0 Å². The van der Waals surface area contributed by atoms with Crippen LogP contribution in [0.4, 0.5) is 0 Å². The highest BCUT2D eigenvalue weighted by Crippen LogP contribution is 2.31. The van der Waals surface area contributed by atoms with Gasteiger partial charge in [0.15, 0.2) is 0 Å². The summed E-state index contributed by atoms with van der Waals surface area (Å²) >= 11 is 0. The summed E-state index contributed by atoms with van der Waals surface area (Å²) in [6.45, 7) is 3.23. The maximum atomic E-state index is 13.0. The number of carbonyl (C=O) groups is 2. The number of ether oxygens (including phenoxy) is 1. The molecule has 1 saturated carbocycles. The Bertz CT molecular complexity index is 400. The van der Waals surface area contributed by atoms with Gasteiger partial charge in [0.25, 0.3) is 0 Å². The molecular weight excluding hydrogens is 268 g/mol. The third-order valence-electron chi connectivity index (χ3n) is 5.32. The number of carbonyl (C=O) groups excluding carboxylic acids is 2. The van der Waals surface area contributed by atoms with Crippen molar-refractivity contribution in [3.05, 3.63) is 0 Å². The summed E-state index contributed by atoms with van der Waals surface area (Å²) < 4.78 is 5.39. The van der Waals surface area contributed by atoms with Crippen molar-refractivity contribution in [2.45, 2.75) is 70.0 Å². The Morgan fingerprint density at radius 1 is 1.05 bits per heavy atom. The number of nitrogens with zero attached hydrogens (tertiary/aromatic N) is 1. The molecule has 0 bridgehead atoms. The van der Waals surface area contributed by atoms with Crippen LogP contribution >= 0.6 is 0 Å². The highest BCUT2D eigenvalue weighted by Gasteiger charge is 2.44. The first-order chi connectivity index (χ1) is 10.2. The summed E-state index contributed by atoms with van der Waals surface area (Å²) in [6.07, 6.45) is 7.43. The van der Waals surface area contributed by atoms with Crippen molar-refractivity contribution < 1.29 is 14.3 Å². The standard InChI is InChI=1S/C16H26N2O3/c1-11-15(19)17-14(12-5-3-2-4-6-12)16(20)18(11)13-7-9-21-10-8-13/h11-14H,2-10H2,1H3,(H,17,19).